The van der Waals surface area contributed by atoms with E-state index in [2.05, 4.69) is 15.6 Å². The normalized spacial score (nSPS) is 24.9. The molecule has 0 bridgehead atoms. The zero-order chi connectivity index (χ0) is 25.2. The summed E-state index contributed by atoms with van der Waals surface area (Å²) in [6.45, 7) is 6.97. The molecule has 0 spiro atoms. The van der Waals surface area contributed by atoms with Crippen molar-refractivity contribution in [1.82, 2.24) is 20.5 Å². The van der Waals surface area contributed by atoms with Crippen molar-refractivity contribution in [1.29, 1.82) is 0 Å². The summed E-state index contributed by atoms with van der Waals surface area (Å²) in [6.07, 6.45) is 14.9. The molecule has 4 rings (SSSR count). The Labute approximate surface area is 205 Å². The van der Waals surface area contributed by atoms with Crippen LogP contribution in [0.3, 0.4) is 0 Å². The van der Waals surface area contributed by atoms with Gasteiger partial charge in [-0.15, -0.1) is 0 Å². The molecule has 9 heteroatoms. The van der Waals surface area contributed by atoms with Crippen molar-refractivity contribution in [2.24, 2.45) is 11.3 Å². The fourth-order valence-corrected chi connectivity index (χ4v) is 5.18. The largest absolute Gasteiger partial charge is 0.368 e. The standard InChI is InChI=1S/C26H34N6O3/c1-4-31(5-2)25(35)26(3)14-19-22(20(34)15-26)24(32(27)18-9-7-6-8-10-18)23(30-19)17-11-12-28-21(13-17)29-16-33/h6-9,11-13,16,18,21,28,30H,4-5,10,14-15,27H2,1-3H3,(H,29,33). The van der Waals surface area contributed by atoms with Crippen LogP contribution < -0.4 is 21.5 Å². The number of nitrogens with one attached hydrogen (secondary N) is 3. The van der Waals surface area contributed by atoms with E-state index in [1.807, 2.05) is 57.2 Å². The molecule has 35 heavy (non-hydrogen) atoms. The van der Waals surface area contributed by atoms with E-state index in [1.165, 1.54) is 0 Å². The van der Waals surface area contributed by atoms with Crippen molar-refractivity contribution in [3.05, 3.63) is 59.6 Å². The predicted molar refractivity (Wildman–Crippen MR) is 136 cm³/mol. The van der Waals surface area contributed by atoms with Gasteiger partial charge in [0.1, 0.15) is 6.17 Å². The molecule has 9 nitrogen and oxygen atoms in total. The molecule has 2 heterocycles. The van der Waals surface area contributed by atoms with Gasteiger partial charge in [-0.3, -0.25) is 14.4 Å². The number of carbonyl (C=O) groups excluding carboxylic acids is 3. The molecular weight excluding hydrogens is 444 g/mol. The first kappa shape index (κ1) is 24.5. The number of carbonyl (C=O) groups is 3. The van der Waals surface area contributed by atoms with Gasteiger partial charge in [-0.1, -0.05) is 24.3 Å². The average molecular weight is 479 g/mol. The number of aromatic nitrogens is 1. The number of nitrogens with zero attached hydrogens (tertiary/aromatic N) is 2. The maximum absolute atomic E-state index is 13.7. The van der Waals surface area contributed by atoms with Crippen LogP contribution in [0.4, 0.5) is 5.69 Å². The number of rotatable bonds is 8. The van der Waals surface area contributed by atoms with Gasteiger partial charge in [-0.2, -0.15) is 0 Å². The van der Waals surface area contributed by atoms with Gasteiger partial charge < -0.3 is 25.5 Å². The zero-order valence-corrected chi connectivity index (χ0v) is 20.5. The van der Waals surface area contributed by atoms with Crippen LogP contribution in [0, 0.1) is 5.41 Å². The number of hydrogen-bond acceptors (Lipinski definition) is 6. The van der Waals surface area contributed by atoms with E-state index < -0.39 is 11.6 Å². The summed E-state index contributed by atoms with van der Waals surface area (Å²) < 4.78 is 0. The molecule has 1 aliphatic heterocycles. The number of hydrogen-bond donors (Lipinski definition) is 4. The second-order valence-corrected chi connectivity index (χ2v) is 9.42. The van der Waals surface area contributed by atoms with Gasteiger partial charge in [-0.05, 0) is 45.5 Å². The summed E-state index contributed by atoms with van der Waals surface area (Å²) in [5.41, 5.74) is 2.54. The quantitative estimate of drug-likeness (QED) is 0.258. The van der Waals surface area contributed by atoms with Gasteiger partial charge in [0, 0.05) is 37.2 Å². The third-order valence-electron chi connectivity index (χ3n) is 7.01. The van der Waals surface area contributed by atoms with Crippen molar-refractivity contribution < 1.29 is 14.4 Å². The van der Waals surface area contributed by atoms with Crippen LogP contribution >= 0.6 is 0 Å². The van der Waals surface area contributed by atoms with Gasteiger partial charge in [0.05, 0.1) is 28.4 Å². The molecule has 3 atom stereocenters. The van der Waals surface area contributed by atoms with Gasteiger partial charge in [0.2, 0.25) is 12.3 Å². The third-order valence-corrected chi connectivity index (χ3v) is 7.01. The molecular formula is C26H34N6O3. The number of hydrazine groups is 1. The fourth-order valence-electron chi connectivity index (χ4n) is 5.18. The Kier molecular flexibility index (Phi) is 6.98. The van der Waals surface area contributed by atoms with Gasteiger partial charge in [-0.25, -0.2) is 5.84 Å². The van der Waals surface area contributed by atoms with E-state index in [4.69, 9.17) is 5.84 Å². The predicted octanol–water partition coefficient (Wildman–Crippen LogP) is 2.16. The van der Waals surface area contributed by atoms with Gasteiger partial charge in [0.15, 0.2) is 5.78 Å². The summed E-state index contributed by atoms with van der Waals surface area (Å²) in [5, 5.41) is 7.41. The van der Waals surface area contributed by atoms with E-state index in [9.17, 15) is 14.4 Å². The molecule has 0 aromatic carbocycles. The fraction of sp³-hybridized carbons (Fsp3) is 0.423. The van der Waals surface area contributed by atoms with E-state index in [0.29, 0.717) is 55.0 Å². The van der Waals surface area contributed by atoms with E-state index in [-0.39, 0.29) is 24.2 Å². The minimum atomic E-state index is -0.831. The van der Waals surface area contributed by atoms with Crippen LogP contribution in [0.1, 0.15) is 55.4 Å². The van der Waals surface area contributed by atoms with Crippen molar-refractivity contribution in [3.8, 4) is 0 Å². The average Bonchev–Trinajstić information content (AvgIpc) is 3.24. The lowest BCUT2D eigenvalue weighted by Crippen LogP contribution is -2.47. The topological polar surface area (TPSA) is 124 Å². The number of aromatic amines is 1. The highest BCUT2D eigenvalue weighted by Crippen LogP contribution is 2.44. The second kappa shape index (κ2) is 9.95. The number of ketones is 1. The minimum absolute atomic E-state index is 0.0135. The van der Waals surface area contributed by atoms with Crippen molar-refractivity contribution in [2.75, 3.05) is 18.1 Å². The molecule has 186 valence electrons. The molecule has 2 aliphatic carbocycles. The lowest BCUT2D eigenvalue weighted by atomic mass is 9.73. The molecule has 1 aromatic heterocycles. The van der Waals surface area contributed by atoms with Crippen LogP contribution in [-0.4, -0.2) is 53.3 Å². The highest BCUT2D eigenvalue weighted by atomic mass is 16.2. The molecule has 1 aromatic rings. The van der Waals surface area contributed by atoms with Crippen LogP contribution in [0.5, 0.6) is 0 Å². The van der Waals surface area contributed by atoms with Crippen LogP contribution in [0.25, 0.3) is 5.57 Å². The number of fused-ring (bicyclic) bond motifs is 1. The van der Waals surface area contributed by atoms with Crippen molar-refractivity contribution in [2.45, 2.75) is 52.2 Å². The Bertz CT molecular complexity index is 1120. The summed E-state index contributed by atoms with van der Waals surface area (Å²) in [7, 11) is 0. The van der Waals surface area contributed by atoms with Crippen LogP contribution in [0.2, 0.25) is 0 Å². The number of allylic oxidation sites excluding steroid dienone is 4. The van der Waals surface area contributed by atoms with Crippen LogP contribution in [0.15, 0.2) is 42.7 Å². The first-order valence-electron chi connectivity index (χ1n) is 12.1. The lowest BCUT2D eigenvalue weighted by Gasteiger charge is -2.36. The number of dihydropyridines is 1. The molecule has 2 amide bonds. The number of Topliss-reactive ketones (excluding diaryl/α,β-unsaturated/α-hetero) is 1. The van der Waals surface area contributed by atoms with E-state index in [1.54, 1.807) is 16.1 Å². The maximum atomic E-state index is 13.7. The van der Waals surface area contributed by atoms with Gasteiger partial charge >= 0.3 is 0 Å². The minimum Gasteiger partial charge on any atom is -0.368 e. The molecule has 0 saturated heterocycles. The SMILES string of the molecule is CCN(CC)C(=O)C1(C)CC(=O)c2c([nH]c(C3=CC(NC=O)NC=C3)c2N(N)C2C=CC=CC2)C1. The number of amides is 2. The Hall–Kier alpha value is -3.59. The maximum Gasteiger partial charge on any atom is 0.229 e. The summed E-state index contributed by atoms with van der Waals surface area (Å²) in [6, 6.07) is -0.118. The lowest BCUT2D eigenvalue weighted by molar-refractivity contribution is -0.141. The Morgan fingerprint density at radius 1 is 1.29 bits per heavy atom. The van der Waals surface area contributed by atoms with Crippen molar-refractivity contribution >= 4 is 29.4 Å². The summed E-state index contributed by atoms with van der Waals surface area (Å²) in [4.78, 5) is 43.3. The molecule has 3 unspecified atom stereocenters. The number of nitrogens with two attached hydrogens (primary N) is 1. The summed E-state index contributed by atoms with van der Waals surface area (Å²) in [5.74, 6) is 6.57. The second-order valence-electron chi connectivity index (χ2n) is 9.42. The van der Waals surface area contributed by atoms with E-state index in [0.717, 1.165) is 5.57 Å². The van der Waals surface area contributed by atoms with Crippen LogP contribution in [-0.2, 0) is 16.0 Å². The first-order chi connectivity index (χ1) is 16.8. The molecule has 0 radical (unpaired) electrons. The van der Waals surface area contributed by atoms with E-state index >= 15 is 0 Å². The zero-order valence-electron chi connectivity index (χ0n) is 20.5. The summed E-state index contributed by atoms with van der Waals surface area (Å²) >= 11 is 0. The molecule has 5 N–H and O–H groups in total. The molecule has 0 saturated carbocycles. The molecule has 0 fully saturated rings. The number of anilines is 1. The first-order valence-corrected chi connectivity index (χ1v) is 12.1. The molecule has 3 aliphatic rings. The number of H-pyrrole nitrogens is 1. The third kappa shape index (κ3) is 4.55. The highest BCUT2D eigenvalue weighted by molar-refractivity contribution is 6.09. The van der Waals surface area contributed by atoms with Crippen molar-refractivity contribution in [3.63, 3.8) is 0 Å². The Morgan fingerprint density at radius 2 is 2.06 bits per heavy atom. The monoisotopic (exact) mass is 478 g/mol. The highest BCUT2D eigenvalue weighted by Gasteiger charge is 2.45. The van der Waals surface area contributed by atoms with Gasteiger partial charge in [0.25, 0.3) is 0 Å². The Morgan fingerprint density at radius 3 is 2.71 bits per heavy atom. The Balaban J connectivity index is 1.81. The smallest absolute Gasteiger partial charge is 0.229 e.